The molecule has 0 N–H and O–H groups in total. The molecule has 0 saturated carbocycles. The van der Waals surface area contributed by atoms with Gasteiger partial charge >= 0.3 is 0 Å². The van der Waals surface area contributed by atoms with E-state index in [4.69, 9.17) is 4.11 Å². The molecule has 0 atom stereocenters. The molecule has 0 spiro atoms. The van der Waals surface area contributed by atoms with Gasteiger partial charge in [0.05, 0.1) is 0 Å². The molecule has 0 aliphatic carbocycles. The van der Waals surface area contributed by atoms with Crippen molar-refractivity contribution in [1.82, 2.24) is 0 Å². The molecule has 31 heavy (non-hydrogen) atoms. The Morgan fingerprint density at radius 3 is 1.06 bits per heavy atom. The van der Waals surface area contributed by atoms with E-state index in [2.05, 4.69) is 46.5 Å². The maximum atomic E-state index is 6.60. The molecule has 0 aromatic heterocycles. The van der Waals surface area contributed by atoms with Crippen molar-refractivity contribution >= 4 is 0 Å². The molecule has 0 aromatic rings. The van der Waals surface area contributed by atoms with Crippen LogP contribution in [0.25, 0.3) is 0 Å². The monoisotopic (exact) mass is 447 g/mol. The van der Waals surface area contributed by atoms with Crippen LogP contribution in [0, 0.1) is 11.8 Å². The zero-order chi connectivity index (χ0) is 27.0. The summed E-state index contributed by atoms with van der Waals surface area (Å²) < 4.78 is 19.3. The molecule has 0 aliphatic rings. The van der Waals surface area contributed by atoms with Gasteiger partial charge in [0.1, 0.15) is 0 Å². The van der Waals surface area contributed by atoms with Gasteiger partial charge in [-0.05, 0) is 12.8 Å². The van der Waals surface area contributed by atoms with Crippen LogP contribution in [-0.2, 0) is 0 Å². The van der Waals surface area contributed by atoms with E-state index < -0.39 is 0 Å². The average molecular weight is 447 g/mol. The number of hydrogen-bond donors (Lipinski definition) is 0. The average Bonchev–Trinajstić information content (AvgIpc) is 2.85. The first-order chi connectivity index (χ1) is 16.6. The van der Waals surface area contributed by atoms with E-state index in [1.54, 1.807) is 6.92 Å². The Morgan fingerprint density at radius 1 is 0.452 bits per heavy atom. The first-order valence-electron chi connectivity index (χ1n) is 16.0. The molecule has 0 saturated heterocycles. The van der Waals surface area contributed by atoms with Gasteiger partial charge in [-0.2, -0.15) is 0 Å². The molecule has 0 bridgehead atoms. The topological polar surface area (TPSA) is 0 Å². The van der Waals surface area contributed by atoms with Crippen molar-refractivity contribution in [2.45, 2.75) is 191 Å². The highest BCUT2D eigenvalue weighted by Gasteiger charge is 1.86. The van der Waals surface area contributed by atoms with E-state index in [-0.39, 0.29) is 0 Å². The number of rotatable bonds is 14. The van der Waals surface area contributed by atoms with Gasteiger partial charge in [-0.3, -0.25) is 0 Å². The summed E-state index contributed by atoms with van der Waals surface area (Å²) in [6.45, 7) is 16.5. The van der Waals surface area contributed by atoms with Crippen molar-refractivity contribution < 1.29 is 4.11 Å². The highest BCUT2D eigenvalue weighted by molar-refractivity contribution is 4.98. The van der Waals surface area contributed by atoms with Gasteiger partial charge in [-0.15, -0.1) is 11.8 Å². The van der Waals surface area contributed by atoms with E-state index in [1.165, 1.54) is 89.9 Å². The molecule has 0 rings (SSSR count). The Balaban J connectivity index is -0.000000115. The van der Waals surface area contributed by atoms with E-state index >= 15 is 0 Å². The van der Waals surface area contributed by atoms with Crippen LogP contribution in [0.3, 0.4) is 0 Å². The van der Waals surface area contributed by atoms with Gasteiger partial charge in [-0.1, -0.05) is 165 Å². The molecule has 0 unspecified atom stereocenters. The summed E-state index contributed by atoms with van der Waals surface area (Å²) in [5, 5.41) is 0. The molecule has 0 nitrogen and oxygen atoms in total. The number of unbranched alkanes of at least 4 members (excludes halogenated alkanes) is 14. The predicted molar refractivity (Wildman–Crippen MR) is 152 cm³/mol. The third kappa shape index (κ3) is 81.9. The lowest BCUT2D eigenvalue weighted by Gasteiger charge is -1.96. The Morgan fingerprint density at radius 2 is 0.774 bits per heavy atom. The van der Waals surface area contributed by atoms with Crippen LogP contribution < -0.4 is 0 Å². The maximum Gasteiger partial charge on any atom is 0.0230 e. The summed E-state index contributed by atoms with van der Waals surface area (Å²) in [5.41, 5.74) is 0. The van der Waals surface area contributed by atoms with Gasteiger partial charge in [0.2, 0.25) is 0 Å². The Kier molecular flexibility index (Phi) is 60.2. The molecule has 192 valence electrons. The molecule has 0 aliphatic heterocycles. The fraction of sp³-hybridized carbons (Fsp3) is 0.935. The molecule has 0 amide bonds. The van der Waals surface area contributed by atoms with Crippen LogP contribution in [-0.4, -0.2) is 0 Å². The zero-order valence-corrected chi connectivity index (χ0v) is 23.6. The minimum atomic E-state index is 0.500. The van der Waals surface area contributed by atoms with Gasteiger partial charge < -0.3 is 0 Å². The zero-order valence-electron chi connectivity index (χ0n) is 26.6. The molecule has 0 radical (unpaired) electrons. The smallest absolute Gasteiger partial charge is 0.0230 e. The molecule has 0 fully saturated rings. The highest BCUT2D eigenvalue weighted by Crippen LogP contribution is 2.05. The van der Waals surface area contributed by atoms with Gasteiger partial charge in [0.15, 0.2) is 0 Å². The van der Waals surface area contributed by atoms with Gasteiger partial charge in [0.25, 0.3) is 0 Å². The van der Waals surface area contributed by atoms with E-state index in [0.29, 0.717) is 20.7 Å². The highest BCUT2D eigenvalue weighted by atomic mass is 13.9. The second-order valence-electron chi connectivity index (χ2n) is 7.74. The van der Waals surface area contributed by atoms with Crippen molar-refractivity contribution in [3.05, 3.63) is 0 Å². The van der Waals surface area contributed by atoms with Crippen molar-refractivity contribution in [3.63, 3.8) is 0 Å². The van der Waals surface area contributed by atoms with Crippen molar-refractivity contribution in [3.8, 4) is 11.8 Å². The fourth-order valence-corrected chi connectivity index (χ4v) is 2.31. The van der Waals surface area contributed by atoms with Crippen molar-refractivity contribution in [2.75, 3.05) is 0 Å². The molecule has 0 aromatic carbocycles. The molecule has 0 heterocycles. The Labute approximate surface area is 207 Å². The SMILES string of the molecule is CCCCCC#CCCCCCC.CCCCCCCCC.[3H]CC.[3H]CCC.[3H]CCCC. The fourth-order valence-electron chi connectivity index (χ4n) is 2.31. The van der Waals surface area contributed by atoms with Crippen molar-refractivity contribution in [1.29, 1.82) is 0 Å². The van der Waals surface area contributed by atoms with Crippen molar-refractivity contribution in [2.24, 2.45) is 0 Å². The van der Waals surface area contributed by atoms with E-state index in [1.807, 2.05) is 6.92 Å². The second kappa shape index (κ2) is 57.0. The van der Waals surface area contributed by atoms with Gasteiger partial charge in [-0.25, -0.2) is 0 Å². The molecular formula is C31H68. The normalized spacial score (nSPS) is 9.84. The first kappa shape index (κ1) is 32.7. The van der Waals surface area contributed by atoms with Gasteiger partial charge in [0, 0.05) is 17.0 Å². The lowest BCUT2D eigenvalue weighted by molar-refractivity contribution is 0.602. The lowest BCUT2D eigenvalue weighted by Crippen LogP contribution is -1.76. The summed E-state index contributed by atoms with van der Waals surface area (Å²) in [6, 6.07) is 0. The third-order valence-electron chi connectivity index (χ3n) is 4.25. The van der Waals surface area contributed by atoms with Crippen LogP contribution in [0.5, 0.6) is 0 Å². The summed E-state index contributed by atoms with van der Waals surface area (Å²) in [4.78, 5) is 0. The first-order valence-corrected chi connectivity index (χ1v) is 13.9. The van der Waals surface area contributed by atoms with Crippen LogP contribution in [0.2, 0.25) is 0 Å². The standard InChI is InChI=1S/C13H24.C9H20.C4H10.C3H8.C2H6/c1-3-5-7-9-11-13-12-10-8-6-4-2;1-3-5-7-9-8-6-4-2;1-3-4-2;1-3-2;1-2/h3-11H2,1-2H3;3-9H2,1-2H3;3-4H2,1-2H3;3H2,1-2H3;1-2H3/i;;3*1T. The quantitative estimate of drug-likeness (QED) is 0.184. The Bertz CT molecular complexity index is 298. The van der Waals surface area contributed by atoms with Crippen LogP contribution in [0.1, 0.15) is 195 Å². The largest absolute Gasteiger partial charge is 0.103 e. The van der Waals surface area contributed by atoms with Crippen LogP contribution >= 0.6 is 0 Å². The van der Waals surface area contributed by atoms with E-state index in [0.717, 1.165) is 32.1 Å². The minimum Gasteiger partial charge on any atom is -0.103 e. The molecule has 0 heteroatoms. The predicted octanol–water partition coefficient (Wildman–Crippen LogP) is 12.5. The summed E-state index contributed by atoms with van der Waals surface area (Å²) >= 11 is 0. The lowest BCUT2D eigenvalue weighted by atomic mass is 10.1. The second-order valence-corrected chi connectivity index (χ2v) is 7.74. The summed E-state index contributed by atoms with van der Waals surface area (Å²) in [7, 11) is 0. The van der Waals surface area contributed by atoms with Crippen LogP contribution in [0.15, 0.2) is 0 Å². The van der Waals surface area contributed by atoms with Crippen LogP contribution in [0.4, 0.5) is 0 Å². The Hall–Kier alpha value is -0.440. The minimum absolute atomic E-state index is 0.500. The molecular weight excluding hydrogens is 372 g/mol. The summed E-state index contributed by atoms with van der Waals surface area (Å²) in [6.07, 6.45) is 24.7. The van der Waals surface area contributed by atoms with E-state index in [9.17, 15) is 0 Å². The maximum absolute atomic E-state index is 6.60. The number of hydrogen-bond acceptors (Lipinski definition) is 0. The summed E-state index contributed by atoms with van der Waals surface area (Å²) in [5.74, 6) is 6.50. The third-order valence-corrected chi connectivity index (χ3v) is 4.25.